The number of carbonyl (C=O) groups is 2. The Hall–Kier alpha value is -3.82. The van der Waals surface area contributed by atoms with Gasteiger partial charge in [-0.3, -0.25) is 15.3 Å². The highest BCUT2D eigenvalue weighted by atomic mass is 16.6. The van der Waals surface area contributed by atoms with Gasteiger partial charge in [-0.1, -0.05) is 31.2 Å². The monoisotopic (exact) mass is 498 g/mol. The van der Waals surface area contributed by atoms with Crippen molar-refractivity contribution in [3.05, 3.63) is 77.9 Å². The van der Waals surface area contributed by atoms with E-state index in [0.717, 1.165) is 5.56 Å². The van der Waals surface area contributed by atoms with Gasteiger partial charge in [0.25, 0.3) is 5.91 Å². The quantitative estimate of drug-likeness (QED) is 0.135. The van der Waals surface area contributed by atoms with Gasteiger partial charge in [-0.15, -0.1) is 0 Å². The van der Waals surface area contributed by atoms with Gasteiger partial charge in [-0.2, -0.15) is 0 Å². The summed E-state index contributed by atoms with van der Waals surface area (Å²) >= 11 is 0. The van der Waals surface area contributed by atoms with Crippen molar-refractivity contribution in [3.8, 4) is 11.5 Å². The van der Waals surface area contributed by atoms with Gasteiger partial charge in [0.1, 0.15) is 24.2 Å². The molecule has 2 atom stereocenters. The first-order valence-electron chi connectivity index (χ1n) is 11.6. The standard InChI is InChI=1S/C27H34N2O7/c1-19(18-25(31)29-33)6-4-5-7-20(2)26(21-8-12-24(13-9-21)35-17-16-30)36-27(32)28-22-10-14-23(34-3)15-11-22/h4,6,8-15,18,20,26,30,33H,5,7,16-17H2,1-3H3,(H,28,32)(H,29,31)/b6-4+,19-18+/t20-,26-/m0/s1. The van der Waals surface area contributed by atoms with Crippen LogP contribution in [0.4, 0.5) is 10.5 Å². The molecule has 0 fully saturated rings. The molecule has 0 aromatic heterocycles. The molecule has 0 bridgehead atoms. The second-order valence-corrected chi connectivity index (χ2v) is 8.14. The Morgan fingerprint density at radius 1 is 1.06 bits per heavy atom. The maximum Gasteiger partial charge on any atom is 0.412 e. The number of rotatable bonds is 13. The Morgan fingerprint density at radius 3 is 2.33 bits per heavy atom. The van der Waals surface area contributed by atoms with Gasteiger partial charge in [-0.05, 0) is 73.2 Å². The summed E-state index contributed by atoms with van der Waals surface area (Å²) in [5.74, 6) is 0.664. The number of aliphatic hydroxyl groups is 1. The zero-order chi connectivity index (χ0) is 26.3. The zero-order valence-electron chi connectivity index (χ0n) is 20.8. The maximum absolute atomic E-state index is 12.7. The number of benzene rings is 2. The van der Waals surface area contributed by atoms with Crippen LogP contribution in [0.1, 0.15) is 38.4 Å². The molecule has 0 saturated heterocycles. The SMILES string of the molecule is COc1ccc(NC(=O)O[C@H](c2ccc(OCCO)cc2)[C@@H](C)CC/C=C/C(C)=C/C(=O)NO)cc1. The van der Waals surface area contributed by atoms with Crippen LogP contribution in [0.15, 0.2) is 72.3 Å². The van der Waals surface area contributed by atoms with E-state index in [9.17, 15) is 9.59 Å². The number of hydrogen-bond acceptors (Lipinski definition) is 7. The van der Waals surface area contributed by atoms with E-state index in [1.54, 1.807) is 62.0 Å². The predicted octanol–water partition coefficient (Wildman–Crippen LogP) is 4.78. The lowest BCUT2D eigenvalue weighted by molar-refractivity contribution is -0.124. The topological polar surface area (TPSA) is 126 Å². The van der Waals surface area contributed by atoms with Crippen molar-refractivity contribution in [2.24, 2.45) is 5.92 Å². The lowest BCUT2D eigenvalue weighted by Gasteiger charge is -2.25. The van der Waals surface area contributed by atoms with E-state index in [1.807, 2.05) is 25.1 Å². The van der Waals surface area contributed by atoms with E-state index >= 15 is 0 Å². The predicted molar refractivity (Wildman–Crippen MR) is 136 cm³/mol. The van der Waals surface area contributed by atoms with Crippen molar-refractivity contribution in [2.75, 3.05) is 25.6 Å². The van der Waals surface area contributed by atoms with E-state index in [4.69, 9.17) is 24.5 Å². The van der Waals surface area contributed by atoms with Crippen LogP contribution >= 0.6 is 0 Å². The fourth-order valence-corrected chi connectivity index (χ4v) is 3.43. The van der Waals surface area contributed by atoms with Gasteiger partial charge < -0.3 is 19.3 Å². The summed E-state index contributed by atoms with van der Waals surface area (Å²) in [4.78, 5) is 23.9. The van der Waals surface area contributed by atoms with Gasteiger partial charge in [0.2, 0.25) is 0 Å². The Bertz CT molecular complexity index is 1020. The molecule has 194 valence electrons. The first kappa shape index (κ1) is 28.4. The van der Waals surface area contributed by atoms with E-state index < -0.39 is 18.1 Å². The highest BCUT2D eigenvalue weighted by Gasteiger charge is 2.23. The van der Waals surface area contributed by atoms with Crippen molar-refractivity contribution in [3.63, 3.8) is 0 Å². The fraction of sp³-hybridized carbons (Fsp3) is 0.333. The largest absolute Gasteiger partial charge is 0.497 e. The first-order chi connectivity index (χ1) is 17.4. The molecule has 0 unspecified atom stereocenters. The molecule has 0 aliphatic heterocycles. The van der Waals surface area contributed by atoms with Gasteiger partial charge in [0.05, 0.1) is 13.7 Å². The Kier molecular flexibility index (Phi) is 12.0. The maximum atomic E-state index is 12.7. The molecule has 36 heavy (non-hydrogen) atoms. The van der Waals surface area contributed by atoms with Crippen molar-refractivity contribution in [1.29, 1.82) is 0 Å². The molecule has 9 nitrogen and oxygen atoms in total. The summed E-state index contributed by atoms with van der Waals surface area (Å²) in [6.07, 6.45) is 5.29. The van der Waals surface area contributed by atoms with Gasteiger partial charge in [0, 0.05) is 11.8 Å². The molecule has 4 N–H and O–H groups in total. The second kappa shape index (κ2) is 15.2. The molecule has 0 aliphatic carbocycles. The third-order valence-electron chi connectivity index (χ3n) is 5.29. The summed E-state index contributed by atoms with van der Waals surface area (Å²) < 4.78 is 16.4. The first-order valence-corrected chi connectivity index (χ1v) is 11.6. The molecule has 2 aromatic carbocycles. The highest BCUT2D eigenvalue weighted by molar-refractivity contribution is 5.87. The number of aliphatic hydroxyl groups excluding tert-OH is 1. The lowest BCUT2D eigenvalue weighted by Crippen LogP contribution is -2.22. The number of hydroxylamine groups is 1. The van der Waals surface area contributed by atoms with E-state index in [1.165, 1.54) is 6.08 Å². The smallest absolute Gasteiger partial charge is 0.412 e. The van der Waals surface area contributed by atoms with Crippen LogP contribution in [0.5, 0.6) is 11.5 Å². The molecule has 0 spiro atoms. The van der Waals surface area contributed by atoms with E-state index in [0.29, 0.717) is 35.6 Å². The van der Waals surface area contributed by atoms with Crippen LogP contribution in [0, 0.1) is 5.92 Å². The Labute approximate surface area is 211 Å². The van der Waals surface area contributed by atoms with Crippen molar-refractivity contribution in [2.45, 2.75) is 32.8 Å². The summed E-state index contributed by atoms with van der Waals surface area (Å²) in [5, 5.41) is 20.3. The fourth-order valence-electron chi connectivity index (χ4n) is 3.43. The van der Waals surface area contributed by atoms with Gasteiger partial charge >= 0.3 is 6.09 Å². The molecule has 9 heteroatoms. The van der Waals surface area contributed by atoms with Crippen LogP contribution in [0.25, 0.3) is 0 Å². The zero-order valence-corrected chi connectivity index (χ0v) is 20.8. The Balaban J connectivity index is 2.09. The second-order valence-electron chi connectivity index (χ2n) is 8.14. The molecular weight excluding hydrogens is 464 g/mol. The average molecular weight is 499 g/mol. The minimum atomic E-state index is -0.590. The molecule has 0 heterocycles. The molecule has 0 saturated carbocycles. The summed E-state index contributed by atoms with van der Waals surface area (Å²) in [7, 11) is 1.57. The molecule has 2 amide bonds. The number of anilines is 1. The third-order valence-corrected chi connectivity index (χ3v) is 5.29. The van der Waals surface area contributed by atoms with E-state index in [-0.39, 0.29) is 19.1 Å². The molecule has 0 aliphatic rings. The molecule has 2 rings (SSSR count). The number of allylic oxidation sites excluding steroid dienone is 3. The van der Waals surface area contributed by atoms with Crippen molar-refractivity contribution < 1.29 is 34.1 Å². The molecule has 0 radical (unpaired) electrons. The minimum absolute atomic E-state index is 0.0366. The van der Waals surface area contributed by atoms with Crippen molar-refractivity contribution >= 4 is 17.7 Å². The van der Waals surface area contributed by atoms with Gasteiger partial charge in [-0.25, -0.2) is 10.3 Å². The lowest BCUT2D eigenvalue weighted by atomic mass is 9.93. The number of carbonyl (C=O) groups excluding carboxylic acids is 2. The van der Waals surface area contributed by atoms with Crippen LogP contribution in [-0.4, -0.2) is 42.6 Å². The van der Waals surface area contributed by atoms with Crippen molar-refractivity contribution in [1.82, 2.24) is 5.48 Å². The number of ether oxygens (including phenoxy) is 3. The summed E-state index contributed by atoms with van der Waals surface area (Å²) in [6.45, 7) is 3.87. The normalized spacial score (nSPS) is 13.1. The average Bonchev–Trinajstić information content (AvgIpc) is 2.89. The number of nitrogens with one attached hydrogen (secondary N) is 2. The summed E-state index contributed by atoms with van der Waals surface area (Å²) in [6, 6.07) is 14.2. The summed E-state index contributed by atoms with van der Waals surface area (Å²) in [5.41, 5.74) is 3.65. The third kappa shape index (κ3) is 9.81. The Morgan fingerprint density at radius 2 is 1.72 bits per heavy atom. The van der Waals surface area contributed by atoms with Crippen LogP contribution in [0.2, 0.25) is 0 Å². The van der Waals surface area contributed by atoms with E-state index in [2.05, 4.69) is 5.32 Å². The van der Waals surface area contributed by atoms with Crippen LogP contribution in [0.3, 0.4) is 0 Å². The molecular formula is C27H34N2O7. The number of amides is 2. The molecule has 2 aromatic rings. The van der Waals surface area contributed by atoms with Gasteiger partial charge in [0.15, 0.2) is 0 Å². The highest BCUT2D eigenvalue weighted by Crippen LogP contribution is 2.31. The van der Waals surface area contributed by atoms with Crippen LogP contribution < -0.4 is 20.3 Å². The number of methoxy groups -OCH3 is 1. The van der Waals surface area contributed by atoms with Crippen LogP contribution in [-0.2, 0) is 9.53 Å². The number of hydrogen-bond donors (Lipinski definition) is 4. The minimum Gasteiger partial charge on any atom is -0.497 e.